The number of piperazine rings is 1. The van der Waals surface area contributed by atoms with Crippen LogP contribution in [0.15, 0.2) is 29.2 Å². The molecule has 0 radical (unpaired) electrons. The summed E-state index contributed by atoms with van der Waals surface area (Å²) in [4.78, 5) is 5.36. The molecular formula is C16H24F2N4S2. The minimum Gasteiger partial charge on any atom is -0.362 e. The van der Waals surface area contributed by atoms with E-state index in [2.05, 4.69) is 27.5 Å². The van der Waals surface area contributed by atoms with E-state index in [1.807, 2.05) is 0 Å². The lowest BCUT2D eigenvalue weighted by atomic mass is 10.3. The molecular weight excluding hydrogens is 350 g/mol. The summed E-state index contributed by atoms with van der Waals surface area (Å²) in [6, 6.07) is 6.83. The maximum atomic E-state index is 12.3. The first-order chi connectivity index (χ1) is 11.5. The molecule has 1 fully saturated rings. The smallest absolute Gasteiger partial charge is 0.288 e. The summed E-state index contributed by atoms with van der Waals surface area (Å²) < 4.78 is 24.5. The number of thiocarbonyl (C=S) groups is 1. The van der Waals surface area contributed by atoms with Gasteiger partial charge >= 0.3 is 0 Å². The van der Waals surface area contributed by atoms with Crippen LogP contribution in [-0.4, -0.2) is 67.0 Å². The lowest BCUT2D eigenvalue weighted by molar-refractivity contribution is 0.153. The maximum absolute atomic E-state index is 12.3. The van der Waals surface area contributed by atoms with E-state index in [1.165, 1.54) is 0 Å². The first kappa shape index (κ1) is 19.4. The highest BCUT2D eigenvalue weighted by atomic mass is 32.2. The molecule has 0 aliphatic carbocycles. The first-order valence-corrected chi connectivity index (χ1v) is 9.32. The molecule has 2 rings (SSSR count). The van der Waals surface area contributed by atoms with Crippen molar-refractivity contribution < 1.29 is 8.78 Å². The first-order valence-electron chi connectivity index (χ1n) is 8.03. The molecule has 0 spiro atoms. The number of hydrogen-bond acceptors (Lipinski definition) is 4. The van der Waals surface area contributed by atoms with Crippen LogP contribution in [0.4, 0.5) is 14.5 Å². The number of alkyl halides is 2. The van der Waals surface area contributed by atoms with E-state index in [0.717, 1.165) is 51.4 Å². The highest BCUT2D eigenvalue weighted by molar-refractivity contribution is 7.99. The van der Waals surface area contributed by atoms with Crippen LogP contribution >= 0.6 is 24.0 Å². The average Bonchev–Trinajstić information content (AvgIpc) is 2.55. The van der Waals surface area contributed by atoms with Crippen LogP contribution in [0.25, 0.3) is 0 Å². The zero-order valence-electron chi connectivity index (χ0n) is 13.8. The summed E-state index contributed by atoms with van der Waals surface area (Å²) in [6.45, 7) is 6.41. The standard InChI is InChI=1S/C16H24F2N4S2/c1-21-9-11-22(12-10-21)8-2-7-19-16(23)20-13-3-5-14(6-4-13)24-15(17)18/h3-6,15H,2,7-12H2,1H3,(H2,19,20,23). The number of rotatable bonds is 7. The zero-order chi connectivity index (χ0) is 17.4. The van der Waals surface area contributed by atoms with Gasteiger partial charge in [0, 0.05) is 43.3 Å². The molecule has 1 aliphatic rings. The normalized spacial score (nSPS) is 16.3. The molecule has 0 unspecified atom stereocenters. The summed E-state index contributed by atoms with van der Waals surface area (Å²) in [7, 11) is 2.15. The molecule has 2 N–H and O–H groups in total. The Balaban J connectivity index is 1.61. The van der Waals surface area contributed by atoms with Crippen LogP contribution < -0.4 is 10.6 Å². The van der Waals surface area contributed by atoms with Gasteiger partial charge in [0.15, 0.2) is 5.11 Å². The number of halogens is 2. The second-order valence-corrected chi connectivity index (χ2v) is 7.25. The van der Waals surface area contributed by atoms with Gasteiger partial charge in [-0.1, -0.05) is 11.8 Å². The fourth-order valence-electron chi connectivity index (χ4n) is 2.47. The quantitative estimate of drug-likeness (QED) is 0.434. The Morgan fingerprint density at radius 3 is 2.50 bits per heavy atom. The van der Waals surface area contributed by atoms with Gasteiger partial charge in [0.2, 0.25) is 0 Å². The van der Waals surface area contributed by atoms with Crippen molar-refractivity contribution in [2.45, 2.75) is 17.1 Å². The van der Waals surface area contributed by atoms with Crippen molar-refractivity contribution in [3.63, 3.8) is 0 Å². The second kappa shape index (κ2) is 10.1. The molecule has 4 nitrogen and oxygen atoms in total. The van der Waals surface area contributed by atoms with Crippen molar-refractivity contribution >= 4 is 34.8 Å². The monoisotopic (exact) mass is 374 g/mol. The summed E-state index contributed by atoms with van der Waals surface area (Å²) in [5.74, 6) is -2.40. The second-order valence-electron chi connectivity index (χ2n) is 5.78. The van der Waals surface area contributed by atoms with Gasteiger partial charge in [-0.25, -0.2) is 0 Å². The Kier molecular flexibility index (Phi) is 8.17. The van der Waals surface area contributed by atoms with Crippen LogP contribution in [0.1, 0.15) is 6.42 Å². The van der Waals surface area contributed by atoms with Gasteiger partial charge in [0.25, 0.3) is 5.76 Å². The van der Waals surface area contributed by atoms with E-state index < -0.39 is 5.76 Å². The highest BCUT2D eigenvalue weighted by Crippen LogP contribution is 2.26. The fourth-order valence-corrected chi connectivity index (χ4v) is 3.19. The van der Waals surface area contributed by atoms with Crippen molar-refractivity contribution in [2.24, 2.45) is 0 Å². The van der Waals surface area contributed by atoms with Crippen LogP contribution in [0.5, 0.6) is 0 Å². The molecule has 24 heavy (non-hydrogen) atoms. The predicted octanol–water partition coefficient (Wildman–Crippen LogP) is 2.93. The van der Waals surface area contributed by atoms with E-state index in [-0.39, 0.29) is 0 Å². The van der Waals surface area contributed by atoms with Gasteiger partial charge in [-0.05, 0) is 56.5 Å². The molecule has 1 aromatic rings. The molecule has 1 heterocycles. The molecule has 1 saturated heterocycles. The lowest BCUT2D eigenvalue weighted by Gasteiger charge is -2.32. The SMILES string of the molecule is CN1CCN(CCCNC(=S)Nc2ccc(SC(F)F)cc2)CC1. The summed E-state index contributed by atoms with van der Waals surface area (Å²) in [5.41, 5.74) is 0.796. The van der Waals surface area contributed by atoms with Crippen molar-refractivity contribution in [3.05, 3.63) is 24.3 Å². The molecule has 0 saturated carbocycles. The Bertz CT molecular complexity index is 505. The number of anilines is 1. The van der Waals surface area contributed by atoms with Crippen LogP contribution in [0.2, 0.25) is 0 Å². The molecule has 0 aromatic heterocycles. The molecule has 1 aliphatic heterocycles. The number of nitrogens with one attached hydrogen (secondary N) is 2. The Labute approximate surface area is 152 Å². The Hall–Kier alpha value is -0.960. The molecule has 0 amide bonds. The fraction of sp³-hybridized carbons (Fsp3) is 0.562. The van der Waals surface area contributed by atoms with Crippen LogP contribution in [0, 0.1) is 0 Å². The molecule has 0 bridgehead atoms. The number of thioether (sulfide) groups is 1. The number of hydrogen-bond donors (Lipinski definition) is 2. The lowest BCUT2D eigenvalue weighted by Crippen LogP contribution is -2.45. The summed E-state index contributed by atoms with van der Waals surface area (Å²) >= 11 is 5.80. The van der Waals surface area contributed by atoms with Crippen molar-refractivity contribution in [1.29, 1.82) is 0 Å². The maximum Gasteiger partial charge on any atom is 0.288 e. The zero-order valence-corrected chi connectivity index (χ0v) is 15.4. The predicted molar refractivity (Wildman–Crippen MR) is 101 cm³/mol. The number of nitrogens with zero attached hydrogens (tertiary/aromatic N) is 2. The largest absolute Gasteiger partial charge is 0.362 e. The molecule has 134 valence electrons. The van der Waals surface area contributed by atoms with E-state index in [9.17, 15) is 8.78 Å². The Morgan fingerprint density at radius 2 is 1.88 bits per heavy atom. The van der Waals surface area contributed by atoms with E-state index >= 15 is 0 Å². The van der Waals surface area contributed by atoms with Crippen molar-refractivity contribution in [3.8, 4) is 0 Å². The van der Waals surface area contributed by atoms with Crippen LogP contribution in [-0.2, 0) is 0 Å². The third kappa shape index (κ3) is 7.29. The van der Waals surface area contributed by atoms with Crippen molar-refractivity contribution in [1.82, 2.24) is 15.1 Å². The van der Waals surface area contributed by atoms with Gasteiger partial charge in [0.1, 0.15) is 0 Å². The third-order valence-corrected chi connectivity index (χ3v) is 4.84. The molecule has 8 heteroatoms. The van der Waals surface area contributed by atoms with Gasteiger partial charge < -0.3 is 20.4 Å². The minimum atomic E-state index is -2.40. The average molecular weight is 375 g/mol. The van der Waals surface area contributed by atoms with Gasteiger partial charge in [0.05, 0.1) is 0 Å². The van der Waals surface area contributed by atoms with E-state index in [1.54, 1.807) is 24.3 Å². The van der Waals surface area contributed by atoms with E-state index in [4.69, 9.17) is 12.2 Å². The summed E-state index contributed by atoms with van der Waals surface area (Å²) in [5, 5.41) is 6.81. The minimum absolute atomic E-state index is 0.539. The van der Waals surface area contributed by atoms with Gasteiger partial charge in [-0.15, -0.1) is 0 Å². The van der Waals surface area contributed by atoms with Gasteiger partial charge in [-0.3, -0.25) is 0 Å². The Morgan fingerprint density at radius 1 is 1.21 bits per heavy atom. The number of benzene rings is 1. The van der Waals surface area contributed by atoms with Gasteiger partial charge in [-0.2, -0.15) is 8.78 Å². The molecule has 1 aromatic carbocycles. The third-order valence-electron chi connectivity index (χ3n) is 3.87. The highest BCUT2D eigenvalue weighted by Gasteiger charge is 2.12. The van der Waals surface area contributed by atoms with E-state index in [0.29, 0.717) is 21.8 Å². The topological polar surface area (TPSA) is 30.5 Å². The van der Waals surface area contributed by atoms with Crippen molar-refractivity contribution in [2.75, 3.05) is 51.6 Å². The summed E-state index contributed by atoms with van der Waals surface area (Å²) in [6.07, 6.45) is 1.04. The molecule has 0 atom stereocenters. The van der Waals surface area contributed by atoms with Crippen LogP contribution in [0.3, 0.4) is 0 Å². The number of likely N-dealkylation sites (N-methyl/N-ethyl adjacent to an activating group) is 1.